The van der Waals surface area contributed by atoms with Crippen molar-refractivity contribution >= 4 is 29.6 Å². The second-order valence-electron chi connectivity index (χ2n) is 8.95. The van der Waals surface area contributed by atoms with Gasteiger partial charge in [-0.05, 0) is 37.1 Å². The Morgan fingerprint density at radius 2 is 2.00 bits per heavy atom. The largest absolute Gasteiger partial charge is 0.451 e. The Morgan fingerprint density at radius 3 is 2.79 bits per heavy atom. The van der Waals surface area contributed by atoms with Crippen molar-refractivity contribution in [2.45, 2.75) is 55.3 Å². The minimum Gasteiger partial charge on any atom is -0.451 e. The zero-order valence-electron chi connectivity index (χ0n) is 18.1. The second kappa shape index (κ2) is 9.37. The van der Waals surface area contributed by atoms with Crippen molar-refractivity contribution < 1.29 is 23.5 Å². The van der Waals surface area contributed by atoms with Gasteiger partial charge in [0.25, 0.3) is 5.91 Å². The topological polar surface area (TPSA) is 102 Å². The highest BCUT2D eigenvalue weighted by molar-refractivity contribution is 6.22. The molecule has 33 heavy (non-hydrogen) atoms. The Labute approximate surface area is 196 Å². The van der Waals surface area contributed by atoms with E-state index < -0.39 is 11.9 Å². The average Bonchev–Trinajstić information content (AvgIpc) is 3.56. The van der Waals surface area contributed by atoms with Gasteiger partial charge >= 0.3 is 0 Å². The molecule has 2 saturated heterocycles. The number of nitrogens with one attached hydrogen (secondary N) is 1. The normalized spacial score (nSPS) is 30.7. The molecule has 1 amide bonds. The molecule has 5 rings (SSSR count). The van der Waals surface area contributed by atoms with Gasteiger partial charge in [0.1, 0.15) is 18.7 Å². The maximum atomic E-state index is 12.9. The van der Waals surface area contributed by atoms with E-state index in [0.717, 1.165) is 37.5 Å². The van der Waals surface area contributed by atoms with E-state index >= 15 is 0 Å². The van der Waals surface area contributed by atoms with E-state index in [1.165, 1.54) is 0 Å². The highest BCUT2D eigenvalue weighted by Gasteiger charge is 2.53. The molecule has 2 unspecified atom stereocenters. The fraction of sp³-hybridized carbons (Fsp3) is 0.500. The van der Waals surface area contributed by atoms with Crippen molar-refractivity contribution in [2.75, 3.05) is 13.2 Å². The fourth-order valence-electron chi connectivity index (χ4n) is 5.54. The van der Waals surface area contributed by atoms with Crippen molar-refractivity contribution in [3.05, 3.63) is 42.4 Å². The third-order valence-corrected chi connectivity index (χ3v) is 7.45. The molecule has 0 radical (unpaired) electrons. The first-order valence-corrected chi connectivity index (χ1v) is 11.8. The Balaban J connectivity index is 1.32. The number of aromatic nitrogens is 1. The number of ketones is 1. The first kappa shape index (κ1) is 22.3. The summed E-state index contributed by atoms with van der Waals surface area (Å²) in [6, 6.07) is 5.83. The van der Waals surface area contributed by atoms with Crippen molar-refractivity contribution in [3.63, 3.8) is 0 Å². The number of furan rings is 1. The van der Waals surface area contributed by atoms with Crippen LogP contribution in [-0.4, -0.2) is 70.6 Å². The molecular formula is C24H26ClN3O5. The van der Waals surface area contributed by atoms with Gasteiger partial charge in [0, 0.05) is 36.5 Å². The van der Waals surface area contributed by atoms with Gasteiger partial charge in [-0.15, -0.1) is 11.6 Å². The lowest BCUT2D eigenvalue weighted by atomic mass is 9.78. The maximum Gasteiger partial charge on any atom is 0.287 e. The number of pyridine rings is 1. The smallest absolute Gasteiger partial charge is 0.287 e. The Kier molecular flexibility index (Phi) is 6.32. The quantitative estimate of drug-likeness (QED) is 0.510. The molecule has 1 N–H and O–H groups in total. The van der Waals surface area contributed by atoms with E-state index in [4.69, 9.17) is 20.8 Å². The number of aldehydes is 1. The molecule has 0 spiro atoms. The van der Waals surface area contributed by atoms with E-state index in [0.29, 0.717) is 12.3 Å². The third kappa shape index (κ3) is 4.23. The number of Topliss-reactive ketones (excluding diaryl/α,β-unsaturated/α-hetero) is 1. The zero-order chi connectivity index (χ0) is 22.9. The summed E-state index contributed by atoms with van der Waals surface area (Å²) in [7, 11) is 0. The highest BCUT2D eigenvalue weighted by Crippen LogP contribution is 2.39. The number of hydrogen-bond donors (Lipinski definition) is 1. The number of amides is 1. The molecule has 2 aromatic heterocycles. The summed E-state index contributed by atoms with van der Waals surface area (Å²) < 4.78 is 11.4. The standard InChI is InChI=1S/C24H26ClN3O5/c25-16-11-28(22-19(30)13-32-23(16)22)18-4-2-1-3-15(18)17(12-29)27-24(31)21-6-5-20(33-21)14-7-9-26-10-8-14/h5-10,12,15-18,22-23H,1-4,11,13H2,(H,27,31)/t15?,16-,17?,18-,22+,23+/m0/s1. The number of ether oxygens (including phenoxy) is 1. The predicted molar refractivity (Wildman–Crippen MR) is 120 cm³/mol. The molecule has 0 aromatic carbocycles. The van der Waals surface area contributed by atoms with E-state index in [1.807, 2.05) is 0 Å². The molecule has 174 valence electrons. The minimum absolute atomic E-state index is 0.0277. The van der Waals surface area contributed by atoms with Gasteiger partial charge in [-0.2, -0.15) is 0 Å². The van der Waals surface area contributed by atoms with Crippen LogP contribution < -0.4 is 5.32 Å². The predicted octanol–water partition coefficient (Wildman–Crippen LogP) is 2.46. The van der Waals surface area contributed by atoms with Gasteiger partial charge in [-0.3, -0.25) is 19.5 Å². The van der Waals surface area contributed by atoms with Crippen molar-refractivity contribution in [3.8, 4) is 11.3 Å². The van der Waals surface area contributed by atoms with Crippen LogP contribution in [0.25, 0.3) is 11.3 Å². The molecule has 6 atom stereocenters. The molecule has 0 bridgehead atoms. The molecule has 3 fully saturated rings. The summed E-state index contributed by atoms with van der Waals surface area (Å²) in [5.41, 5.74) is 0.811. The average molecular weight is 472 g/mol. The number of alkyl halides is 1. The molecule has 2 aliphatic heterocycles. The van der Waals surface area contributed by atoms with Gasteiger partial charge < -0.3 is 19.3 Å². The van der Waals surface area contributed by atoms with Crippen LogP contribution >= 0.6 is 11.6 Å². The van der Waals surface area contributed by atoms with Crippen molar-refractivity contribution in [1.82, 2.24) is 15.2 Å². The molecular weight excluding hydrogens is 446 g/mol. The van der Waals surface area contributed by atoms with Gasteiger partial charge in [0.05, 0.1) is 23.6 Å². The Hall–Kier alpha value is -2.55. The maximum absolute atomic E-state index is 12.9. The minimum atomic E-state index is -0.692. The summed E-state index contributed by atoms with van der Waals surface area (Å²) in [5.74, 6) is 0.176. The molecule has 8 nitrogen and oxygen atoms in total. The highest BCUT2D eigenvalue weighted by atomic mass is 35.5. The Morgan fingerprint density at radius 1 is 1.21 bits per heavy atom. The van der Waals surface area contributed by atoms with Crippen LogP contribution in [-0.2, 0) is 14.3 Å². The van der Waals surface area contributed by atoms with Crippen LogP contribution in [0.3, 0.4) is 0 Å². The van der Waals surface area contributed by atoms with E-state index in [9.17, 15) is 14.4 Å². The number of fused-ring (bicyclic) bond motifs is 1. The summed E-state index contributed by atoms with van der Waals surface area (Å²) in [6.07, 6.45) is 7.39. The lowest BCUT2D eigenvalue weighted by Crippen LogP contribution is -2.55. The molecule has 4 heterocycles. The number of carbonyl (C=O) groups excluding carboxylic acids is 3. The van der Waals surface area contributed by atoms with Gasteiger partial charge in [0.2, 0.25) is 0 Å². The molecule has 1 aliphatic carbocycles. The first-order valence-electron chi connectivity index (χ1n) is 11.4. The molecule has 1 saturated carbocycles. The van der Waals surface area contributed by atoms with Gasteiger partial charge in [0.15, 0.2) is 11.5 Å². The van der Waals surface area contributed by atoms with Crippen LogP contribution in [0.5, 0.6) is 0 Å². The first-order chi connectivity index (χ1) is 16.1. The number of halogens is 1. The van der Waals surface area contributed by atoms with Crippen LogP contribution in [0.4, 0.5) is 0 Å². The van der Waals surface area contributed by atoms with E-state index in [1.54, 1.807) is 36.7 Å². The molecule has 2 aromatic rings. The van der Waals surface area contributed by atoms with Gasteiger partial charge in [-0.1, -0.05) is 12.8 Å². The lowest BCUT2D eigenvalue weighted by molar-refractivity contribution is -0.122. The summed E-state index contributed by atoms with van der Waals surface area (Å²) >= 11 is 6.50. The number of rotatable bonds is 6. The molecule has 9 heteroatoms. The van der Waals surface area contributed by atoms with Crippen LogP contribution in [0.2, 0.25) is 0 Å². The lowest BCUT2D eigenvalue weighted by Gasteiger charge is -2.42. The van der Waals surface area contributed by atoms with Crippen LogP contribution in [0, 0.1) is 5.92 Å². The second-order valence-corrected chi connectivity index (χ2v) is 9.51. The van der Waals surface area contributed by atoms with E-state index in [2.05, 4.69) is 15.2 Å². The van der Waals surface area contributed by atoms with Crippen LogP contribution in [0.1, 0.15) is 36.2 Å². The molecule has 3 aliphatic rings. The van der Waals surface area contributed by atoms with Crippen molar-refractivity contribution in [1.29, 1.82) is 0 Å². The summed E-state index contributed by atoms with van der Waals surface area (Å²) in [6.45, 7) is 0.620. The van der Waals surface area contributed by atoms with Gasteiger partial charge in [-0.25, -0.2) is 0 Å². The van der Waals surface area contributed by atoms with Crippen LogP contribution in [0.15, 0.2) is 41.1 Å². The number of likely N-dealkylation sites (tertiary alicyclic amines) is 1. The number of carbonyl (C=O) groups is 3. The Bertz CT molecular complexity index is 1030. The number of hydrogen-bond acceptors (Lipinski definition) is 7. The van der Waals surface area contributed by atoms with Crippen molar-refractivity contribution in [2.24, 2.45) is 5.92 Å². The fourth-order valence-corrected chi connectivity index (χ4v) is 5.91. The van der Waals surface area contributed by atoms with E-state index in [-0.39, 0.29) is 47.6 Å². The summed E-state index contributed by atoms with van der Waals surface area (Å²) in [5, 5.41) is 2.60. The monoisotopic (exact) mass is 471 g/mol. The number of nitrogens with zero attached hydrogens (tertiary/aromatic N) is 2. The third-order valence-electron chi connectivity index (χ3n) is 7.07. The zero-order valence-corrected chi connectivity index (χ0v) is 18.8. The summed E-state index contributed by atoms with van der Waals surface area (Å²) in [4.78, 5) is 43.7. The SMILES string of the molecule is O=CC(NC(=O)c1ccc(-c2ccncc2)o1)C1CCCC[C@@H]1N1C[C@H](Cl)[C@H]2OCC(=O)[C@H]21.